The number of nitrogens with zero attached hydrogens (tertiary/aromatic N) is 3. The Bertz CT molecular complexity index is 3660. The van der Waals surface area contributed by atoms with Crippen LogP contribution in [0.2, 0.25) is 0 Å². The van der Waals surface area contributed by atoms with Crippen LogP contribution in [0.3, 0.4) is 0 Å². The molecule has 0 radical (unpaired) electrons. The number of rotatable bonds is 8. The molecule has 0 fully saturated rings. The quantitative estimate of drug-likeness (QED) is 0.152. The summed E-state index contributed by atoms with van der Waals surface area (Å²) in [4.78, 5) is 7.38. The fraction of sp³-hybridized carbons (Fsp3) is 0.0161. The van der Waals surface area contributed by atoms with Gasteiger partial charge in [0.2, 0.25) is 0 Å². The van der Waals surface area contributed by atoms with Crippen molar-refractivity contribution in [1.29, 1.82) is 0 Å². The van der Waals surface area contributed by atoms with E-state index in [0.717, 1.165) is 44.4 Å². The van der Waals surface area contributed by atoms with Crippen LogP contribution in [0.1, 0.15) is 22.3 Å². The highest BCUT2D eigenvalue weighted by Crippen LogP contribution is 2.56. The Hall–Kier alpha value is -8.31. The Balaban J connectivity index is 1.03. The van der Waals surface area contributed by atoms with E-state index in [0.29, 0.717) is 0 Å². The van der Waals surface area contributed by atoms with Crippen LogP contribution in [-0.4, -0.2) is 9.55 Å². The zero-order valence-electron chi connectivity index (χ0n) is 35.9. The lowest BCUT2D eigenvalue weighted by atomic mass is 9.67. The standard InChI is InChI=1S/C62H41N3S/c1-4-16-42(17-5-1)43-28-33-48(34-29-43)64(49-35-30-44(31-36-49)61-63-57-26-14-15-27-60(57)66-61)50-37-39-59-54(41-50)53-40-46(32-38-58(53)65(59)47-20-8-3-9-21-47)62(45-18-6-2-7-19-45)55-24-12-10-22-51(55)52-23-11-13-25-56(52)62/h1-41H. The SMILES string of the molecule is c1ccc(-c2ccc(N(c3ccc(-c4nc5ccccc5s4)cc3)c3ccc4c(c3)c3cc(C5(c6ccccc6)c6ccccc6-c6ccccc65)ccc3n4-c3ccccc3)cc2)cc1. The van der Waals surface area contributed by atoms with E-state index in [9.17, 15) is 0 Å². The highest BCUT2D eigenvalue weighted by molar-refractivity contribution is 7.21. The van der Waals surface area contributed by atoms with Gasteiger partial charge in [0.1, 0.15) is 5.01 Å². The lowest BCUT2D eigenvalue weighted by Crippen LogP contribution is -2.28. The summed E-state index contributed by atoms with van der Waals surface area (Å²) >= 11 is 1.73. The van der Waals surface area contributed by atoms with Crippen LogP contribution in [0.4, 0.5) is 17.1 Å². The Labute approximate surface area is 387 Å². The minimum atomic E-state index is -0.515. The normalized spacial score (nSPS) is 12.7. The van der Waals surface area contributed by atoms with Crippen molar-refractivity contribution in [3.8, 4) is 38.5 Å². The molecule has 1 aliphatic rings. The van der Waals surface area contributed by atoms with Crippen molar-refractivity contribution in [2.24, 2.45) is 0 Å². The smallest absolute Gasteiger partial charge is 0.124 e. The predicted molar refractivity (Wildman–Crippen MR) is 277 cm³/mol. The second kappa shape index (κ2) is 15.4. The number of para-hydroxylation sites is 2. The minimum absolute atomic E-state index is 0.515. The first kappa shape index (κ1) is 38.2. The monoisotopic (exact) mass is 859 g/mol. The molecule has 0 aliphatic heterocycles. The number of thiazole rings is 1. The Morgan fingerprint density at radius 1 is 0.394 bits per heavy atom. The van der Waals surface area contributed by atoms with Crippen LogP contribution in [0, 0.1) is 0 Å². The zero-order valence-corrected chi connectivity index (χ0v) is 36.7. The maximum absolute atomic E-state index is 4.99. The predicted octanol–water partition coefficient (Wildman–Crippen LogP) is 16.6. The van der Waals surface area contributed by atoms with Crippen LogP contribution >= 0.6 is 11.3 Å². The zero-order chi connectivity index (χ0) is 43.6. The Morgan fingerprint density at radius 3 is 1.58 bits per heavy atom. The van der Waals surface area contributed by atoms with Crippen molar-refractivity contribution < 1.29 is 0 Å². The summed E-state index contributed by atoms with van der Waals surface area (Å²) < 4.78 is 3.62. The molecule has 3 nitrogen and oxygen atoms in total. The van der Waals surface area contributed by atoms with Gasteiger partial charge in [0, 0.05) is 39.1 Å². The maximum atomic E-state index is 4.99. The number of benzene rings is 10. The minimum Gasteiger partial charge on any atom is -0.310 e. The molecule has 0 N–H and O–H groups in total. The summed E-state index contributed by atoms with van der Waals surface area (Å²) in [6.45, 7) is 0. The first-order valence-electron chi connectivity index (χ1n) is 22.5. The average Bonchev–Trinajstić information content (AvgIpc) is 4.07. The molecular weight excluding hydrogens is 819 g/mol. The van der Waals surface area contributed by atoms with Crippen molar-refractivity contribution in [1.82, 2.24) is 9.55 Å². The number of aromatic nitrogens is 2. The van der Waals surface area contributed by atoms with Gasteiger partial charge >= 0.3 is 0 Å². The molecule has 0 amide bonds. The van der Waals surface area contributed by atoms with E-state index in [4.69, 9.17) is 4.98 Å². The molecule has 0 atom stereocenters. The van der Waals surface area contributed by atoms with Gasteiger partial charge in [-0.25, -0.2) is 4.98 Å². The lowest BCUT2D eigenvalue weighted by Gasteiger charge is -2.34. The molecule has 2 heterocycles. The largest absolute Gasteiger partial charge is 0.310 e. The van der Waals surface area contributed by atoms with Crippen LogP contribution in [-0.2, 0) is 5.41 Å². The average molecular weight is 860 g/mol. The first-order chi connectivity index (χ1) is 32.7. The molecule has 12 aromatic rings. The molecule has 13 rings (SSSR count). The first-order valence-corrected chi connectivity index (χ1v) is 23.3. The second-order valence-electron chi connectivity index (χ2n) is 17.1. The molecule has 4 heteroatoms. The van der Waals surface area contributed by atoms with Crippen molar-refractivity contribution in [2.45, 2.75) is 5.41 Å². The Morgan fingerprint density at radius 2 is 0.909 bits per heavy atom. The molecule has 2 aromatic heterocycles. The third kappa shape index (κ3) is 5.99. The summed E-state index contributed by atoms with van der Waals surface area (Å²) in [6, 6.07) is 90.9. The molecular formula is C62H41N3S. The van der Waals surface area contributed by atoms with E-state index < -0.39 is 5.41 Å². The van der Waals surface area contributed by atoms with Gasteiger partial charge in [-0.2, -0.15) is 0 Å². The fourth-order valence-electron chi connectivity index (χ4n) is 10.6. The van der Waals surface area contributed by atoms with Crippen molar-refractivity contribution in [3.05, 3.63) is 271 Å². The van der Waals surface area contributed by atoms with Gasteiger partial charge in [-0.15, -0.1) is 11.3 Å². The van der Waals surface area contributed by atoms with Gasteiger partial charge in [0.05, 0.1) is 26.7 Å². The summed E-state index contributed by atoms with van der Waals surface area (Å²) in [5.41, 5.74) is 18.4. The molecule has 0 spiro atoms. The van der Waals surface area contributed by atoms with Gasteiger partial charge in [-0.1, -0.05) is 158 Å². The van der Waals surface area contributed by atoms with Crippen LogP contribution < -0.4 is 4.90 Å². The summed E-state index contributed by atoms with van der Waals surface area (Å²) in [5.74, 6) is 0. The molecule has 10 aromatic carbocycles. The molecule has 0 unspecified atom stereocenters. The molecule has 310 valence electrons. The summed E-state index contributed by atoms with van der Waals surface area (Å²) in [5, 5.41) is 3.41. The maximum Gasteiger partial charge on any atom is 0.124 e. The van der Waals surface area contributed by atoms with Crippen molar-refractivity contribution in [2.75, 3.05) is 4.90 Å². The van der Waals surface area contributed by atoms with E-state index in [2.05, 4.69) is 258 Å². The highest BCUT2D eigenvalue weighted by atomic mass is 32.1. The molecule has 66 heavy (non-hydrogen) atoms. The fourth-order valence-corrected chi connectivity index (χ4v) is 11.6. The molecule has 0 saturated heterocycles. The number of fused-ring (bicyclic) bond motifs is 7. The van der Waals surface area contributed by atoms with E-state index in [-0.39, 0.29) is 0 Å². The van der Waals surface area contributed by atoms with Crippen LogP contribution in [0.5, 0.6) is 0 Å². The number of anilines is 3. The summed E-state index contributed by atoms with van der Waals surface area (Å²) in [7, 11) is 0. The van der Waals surface area contributed by atoms with Gasteiger partial charge in [-0.3, -0.25) is 0 Å². The lowest BCUT2D eigenvalue weighted by molar-refractivity contribution is 0.770. The molecule has 1 aliphatic carbocycles. The van der Waals surface area contributed by atoms with Crippen molar-refractivity contribution >= 4 is 60.4 Å². The van der Waals surface area contributed by atoms with Crippen molar-refractivity contribution in [3.63, 3.8) is 0 Å². The highest BCUT2D eigenvalue weighted by Gasteiger charge is 2.46. The third-order valence-corrected chi connectivity index (χ3v) is 14.6. The van der Waals surface area contributed by atoms with Crippen LogP contribution in [0.25, 0.3) is 70.5 Å². The van der Waals surface area contributed by atoms with E-state index in [1.54, 1.807) is 11.3 Å². The van der Waals surface area contributed by atoms with E-state index in [1.807, 2.05) is 0 Å². The Kier molecular flexibility index (Phi) is 8.93. The van der Waals surface area contributed by atoms with Gasteiger partial charge in [-0.05, 0) is 136 Å². The second-order valence-corrected chi connectivity index (χ2v) is 18.1. The van der Waals surface area contributed by atoms with E-state index in [1.165, 1.54) is 65.5 Å². The topological polar surface area (TPSA) is 21.1 Å². The third-order valence-electron chi connectivity index (χ3n) is 13.5. The number of hydrogen-bond donors (Lipinski definition) is 0. The molecule has 0 bridgehead atoms. The summed E-state index contributed by atoms with van der Waals surface area (Å²) in [6.07, 6.45) is 0. The number of hydrogen-bond acceptors (Lipinski definition) is 3. The van der Waals surface area contributed by atoms with Crippen LogP contribution in [0.15, 0.2) is 249 Å². The van der Waals surface area contributed by atoms with Gasteiger partial charge in [0.25, 0.3) is 0 Å². The van der Waals surface area contributed by atoms with E-state index >= 15 is 0 Å². The van der Waals surface area contributed by atoms with Gasteiger partial charge < -0.3 is 9.47 Å². The molecule has 0 saturated carbocycles. The van der Waals surface area contributed by atoms with Gasteiger partial charge in [0.15, 0.2) is 0 Å².